The first-order valence-electron chi connectivity index (χ1n) is 7.23. The molecule has 1 heterocycles. The van der Waals surface area contributed by atoms with Crippen LogP contribution in [0.2, 0.25) is 0 Å². The number of ether oxygens (including phenoxy) is 3. The van der Waals surface area contributed by atoms with Crippen molar-refractivity contribution in [3.63, 3.8) is 0 Å². The molecular formula is C17H22O3. The van der Waals surface area contributed by atoms with Gasteiger partial charge in [-0.15, -0.1) is 6.58 Å². The summed E-state index contributed by atoms with van der Waals surface area (Å²) in [5.74, 6) is -0.215. The first-order valence-corrected chi connectivity index (χ1v) is 7.23. The molecule has 3 nitrogen and oxygen atoms in total. The molecule has 20 heavy (non-hydrogen) atoms. The van der Waals surface area contributed by atoms with Crippen molar-refractivity contribution < 1.29 is 14.2 Å². The molecule has 1 aromatic carbocycles. The zero-order valence-corrected chi connectivity index (χ0v) is 12.1. The molecule has 0 amide bonds. The van der Waals surface area contributed by atoms with Crippen LogP contribution in [0, 0.1) is 5.92 Å². The summed E-state index contributed by atoms with van der Waals surface area (Å²) in [6, 6.07) is 10.2. The highest BCUT2D eigenvalue weighted by Crippen LogP contribution is 2.43. The Morgan fingerprint density at radius 2 is 1.95 bits per heavy atom. The van der Waals surface area contributed by atoms with E-state index in [0.29, 0.717) is 12.5 Å². The largest absolute Gasteiger partial charge is 0.371 e. The minimum absolute atomic E-state index is 0.0108. The fraction of sp³-hybridized carbons (Fsp3) is 0.529. The van der Waals surface area contributed by atoms with Crippen LogP contribution in [-0.2, 0) is 20.8 Å². The van der Waals surface area contributed by atoms with Crippen LogP contribution in [0.15, 0.2) is 43.0 Å². The highest BCUT2D eigenvalue weighted by atomic mass is 16.8. The highest BCUT2D eigenvalue weighted by Gasteiger charge is 2.53. The van der Waals surface area contributed by atoms with Crippen molar-refractivity contribution >= 4 is 0 Å². The average molecular weight is 274 g/mol. The smallest absolute Gasteiger partial charge is 0.163 e. The third kappa shape index (κ3) is 2.66. The van der Waals surface area contributed by atoms with Gasteiger partial charge in [-0.3, -0.25) is 0 Å². The summed E-state index contributed by atoms with van der Waals surface area (Å²) in [5.41, 5.74) is 1.18. The highest BCUT2D eigenvalue weighted by molar-refractivity contribution is 5.14. The van der Waals surface area contributed by atoms with Crippen molar-refractivity contribution in [3.05, 3.63) is 48.6 Å². The van der Waals surface area contributed by atoms with Gasteiger partial charge in [-0.05, 0) is 25.8 Å². The predicted molar refractivity (Wildman–Crippen MR) is 77.1 cm³/mol. The molecule has 2 aliphatic rings. The van der Waals surface area contributed by atoms with E-state index < -0.39 is 5.79 Å². The predicted octanol–water partition coefficient (Wildman–Crippen LogP) is 3.30. The van der Waals surface area contributed by atoms with Crippen LogP contribution in [-0.4, -0.2) is 24.1 Å². The molecule has 1 saturated heterocycles. The second-order valence-corrected chi connectivity index (χ2v) is 6.04. The molecule has 0 radical (unpaired) electrons. The van der Waals surface area contributed by atoms with E-state index in [1.807, 2.05) is 38.1 Å². The molecule has 0 bridgehead atoms. The van der Waals surface area contributed by atoms with Crippen LogP contribution >= 0.6 is 0 Å². The first-order chi connectivity index (χ1) is 9.59. The van der Waals surface area contributed by atoms with E-state index in [2.05, 4.69) is 18.7 Å². The van der Waals surface area contributed by atoms with E-state index in [0.717, 1.165) is 6.42 Å². The van der Waals surface area contributed by atoms with Gasteiger partial charge in [0.2, 0.25) is 0 Å². The fourth-order valence-corrected chi connectivity index (χ4v) is 3.14. The summed E-state index contributed by atoms with van der Waals surface area (Å²) in [7, 11) is 0. The van der Waals surface area contributed by atoms with Gasteiger partial charge in [0.25, 0.3) is 0 Å². The van der Waals surface area contributed by atoms with Crippen molar-refractivity contribution in [1.29, 1.82) is 0 Å². The lowest BCUT2D eigenvalue weighted by Gasteiger charge is -2.23. The molecule has 0 N–H and O–H groups in total. The maximum atomic E-state index is 6.08. The second kappa shape index (κ2) is 5.32. The molecule has 108 valence electrons. The van der Waals surface area contributed by atoms with Gasteiger partial charge in [0.05, 0.1) is 18.8 Å². The number of hydrogen-bond acceptors (Lipinski definition) is 3. The Labute approximate surface area is 120 Å². The summed E-state index contributed by atoms with van der Waals surface area (Å²) < 4.78 is 18.1. The summed E-state index contributed by atoms with van der Waals surface area (Å²) in [6.07, 6.45) is 3.04. The minimum Gasteiger partial charge on any atom is -0.371 e. The number of fused-ring (bicyclic) bond motifs is 1. The Hall–Kier alpha value is -1.16. The molecule has 0 spiro atoms. The maximum absolute atomic E-state index is 6.08. The third-order valence-electron chi connectivity index (χ3n) is 4.07. The van der Waals surface area contributed by atoms with E-state index in [1.54, 1.807) is 0 Å². The van der Waals surface area contributed by atoms with E-state index in [1.165, 1.54) is 5.56 Å². The monoisotopic (exact) mass is 274 g/mol. The van der Waals surface area contributed by atoms with Gasteiger partial charge < -0.3 is 14.2 Å². The summed E-state index contributed by atoms with van der Waals surface area (Å²) in [5, 5.41) is 0. The molecule has 1 saturated carbocycles. The van der Waals surface area contributed by atoms with Crippen LogP contribution in [0.3, 0.4) is 0 Å². The number of hydrogen-bond donors (Lipinski definition) is 0. The van der Waals surface area contributed by atoms with Crippen molar-refractivity contribution in [3.8, 4) is 0 Å². The Morgan fingerprint density at radius 1 is 1.25 bits per heavy atom. The van der Waals surface area contributed by atoms with Crippen LogP contribution in [0.1, 0.15) is 25.8 Å². The Balaban J connectivity index is 1.66. The maximum Gasteiger partial charge on any atom is 0.163 e. The minimum atomic E-state index is -0.522. The Bertz CT molecular complexity index is 468. The second-order valence-electron chi connectivity index (χ2n) is 6.04. The van der Waals surface area contributed by atoms with Gasteiger partial charge >= 0.3 is 0 Å². The van der Waals surface area contributed by atoms with E-state index in [9.17, 15) is 0 Å². The quantitative estimate of drug-likeness (QED) is 0.788. The van der Waals surface area contributed by atoms with Gasteiger partial charge in [-0.1, -0.05) is 36.4 Å². The first kappa shape index (κ1) is 13.8. The van der Waals surface area contributed by atoms with Crippen molar-refractivity contribution in [2.45, 2.75) is 51.0 Å². The van der Waals surface area contributed by atoms with Crippen LogP contribution < -0.4 is 0 Å². The molecule has 1 aromatic rings. The summed E-state index contributed by atoms with van der Waals surface area (Å²) in [6.45, 7) is 8.44. The Kier molecular flexibility index (Phi) is 3.67. The molecule has 0 aromatic heterocycles. The lowest BCUT2D eigenvalue weighted by molar-refractivity contribution is -0.170. The molecular weight excluding hydrogens is 252 g/mol. The van der Waals surface area contributed by atoms with Crippen LogP contribution in [0.5, 0.6) is 0 Å². The van der Waals surface area contributed by atoms with E-state index in [4.69, 9.17) is 14.2 Å². The number of rotatable bonds is 4. The SMILES string of the molecule is C=CC1CC(OCc2ccccc2)C2OC(C)(C)O[C@H]12. The van der Waals surface area contributed by atoms with Crippen molar-refractivity contribution in [2.75, 3.05) is 0 Å². The molecule has 1 aliphatic carbocycles. The molecule has 3 heteroatoms. The van der Waals surface area contributed by atoms with Gasteiger partial charge in [-0.2, -0.15) is 0 Å². The van der Waals surface area contributed by atoms with Gasteiger partial charge in [0.1, 0.15) is 6.10 Å². The fourth-order valence-electron chi connectivity index (χ4n) is 3.14. The van der Waals surface area contributed by atoms with Crippen molar-refractivity contribution in [2.24, 2.45) is 5.92 Å². The van der Waals surface area contributed by atoms with Gasteiger partial charge in [0.15, 0.2) is 5.79 Å². The topological polar surface area (TPSA) is 27.7 Å². The molecule has 3 rings (SSSR count). The lowest BCUT2D eigenvalue weighted by atomic mass is 10.1. The molecule has 2 fully saturated rings. The zero-order valence-electron chi connectivity index (χ0n) is 12.1. The molecule has 1 aliphatic heterocycles. The standard InChI is InChI=1S/C17H22O3/c1-4-13-10-14(16-15(13)19-17(2,3)20-16)18-11-12-8-6-5-7-9-12/h4-9,13-16H,1,10-11H2,2-3H3/t13?,14?,15-,16?/m1/s1. The van der Waals surface area contributed by atoms with Crippen LogP contribution in [0.25, 0.3) is 0 Å². The summed E-state index contributed by atoms with van der Waals surface area (Å²) in [4.78, 5) is 0. The molecule has 4 atom stereocenters. The van der Waals surface area contributed by atoms with E-state index in [-0.39, 0.29) is 18.3 Å². The average Bonchev–Trinajstić information content (AvgIpc) is 2.91. The normalized spacial score (nSPS) is 34.9. The lowest BCUT2D eigenvalue weighted by Crippen LogP contribution is -2.30. The third-order valence-corrected chi connectivity index (χ3v) is 4.07. The summed E-state index contributed by atoms with van der Waals surface area (Å²) >= 11 is 0. The van der Waals surface area contributed by atoms with Gasteiger partial charge in [0, 0.05) is 5.92 Å². The number of benzene rings is 1. The van der Waals surface area contributed by atoms with Crippen molar-refractivity contribution in [1.82, 2.24) is 0 Å². The van der Waals surface area contributed by atoms with E-state index >= 15 is 0 Å². The molecule has 3 unspecified atom stereocenters. The van der Waals surface area contributed by atoms with Gasteiger partial charge in [-0.25, -0.2) is 0 Å². The Morgan fingerprint density at radius 3 is 2.65 bits per heavy atom. The van der Waals surface area contributed by atoms with Crippen LogP contribution in [0.4, 0.5) is 0 Å². The zero-order chi connectivity index (χ0) is 14.2.